The zero-order chi connectivity index (χ0) is 13.0. The van der Waals surface area contributed by atoms with Gasteiger partial charge in [0.25, 0.3) is 0 Å². The largest absolute Gasteiger partial charge is 0.343 e. The molecule has 1 saturated heterocycles. The lowest BCUT2D eigenvalue weighted by Gasteiger charge is -2.26. The van der Waals surface area contributed by atoms with Crippen molar-refractivity contribution in [2.24, 2.45) is 5.73 Å². The molecule has 1 amide bonds. The van der Waals surface area contributed by atoms with Gasteiger partial charge >= 0.3 is 0 Å². The van der Waals surface area contributed by atoms with Crippen LogP contribution in [-0.2, 0) is 11.3 Å². The molecule has 1 aromatic rings. The smallest absolute Gasteiger partial charge is 0.224 e. The first-order chi connectivity index (χ1) is 8.68. The molecular weight excluding hydrogens is 228 g/mol. The summed E-state index contributed by atoms with van der Waals surface area (Å²) in [6.45, 7) is 4.44. The highest BCUT2D eigenvalue weighted by atomic mass is 16.2. The zero-order valence-corrected chi connectivity index (χ0v) is 11.0. The van der Waals surface area contributed by atoms with Crippen LogP contribution in [0.15, 0.2) is 12.5 Å². The summed E-state index contributed by atoms with van der Waals surface area (Å²) in [5.74, 6) is 0.249. The summed E-state index contributed by atoms with van der Waals surface area (Å²) in [6, 6.07) is -0.0439. The average Bonchev–Trinajstić information content (AvgIpc) is 2.85. The lowest BCUT2D eigenvalue weighted by molar-refractivity contribution is -0.132. The van der Waals surface area contributed by atoms with Gasteiger partial charge in [0.1, 0.15) is 0 Å². The van der Waals surface area contributed by atoms with Crippen molar-refractivity contribution in [1.29, 1.82) is 0 Å². The maximum Gasteiger partial charge on any atom is 0.224 e. The van der Waals surface area contributed by atoms with E-state index in [0.717, 1.165) is 31.6 Å². The number of aromatic nitrogens is 2. The molecule has 0 unspecified atom stereocenters. The summed E-state index contributed by atoms with van der Waals surface area (Å²) >= 11 is 0. The number of hydrogen-bond donors (Lipinski definition) is 1. The average molecular weight is 250 g/mol. The van der Waals surface area contributed by atoms with Crippen LogP contribution in [0, 0.1) is 0 Å². The van der Waals surface area contributed by atoms with Crippen LogP contribution >= 0.6 is 0 Å². The molecular formula is C13H22N4O. The summed E-state index contributed by atoms with van der Waals surface area (Å²) < 4.78 is 1.98. The molecule has 18 heavy (non-hydrogen) atoms. The summed E-state index contributed by atoms with van der Waals surface area (Å²) in [7, 11) is 0. The lowest BCUT2D eigenvalue weighted by Crippen LogP contribution is -2.36. The van der Waals surface area contributed by atoms with E-state index in [-0.39, 0.29) is 11.9 Å². The highest BCUT2D eigenvalue weighted by Crippen LogP contribution is 2.12. The first kappa shape index (κ1) is 13.1. The van der Waals surface area contributed by atoms with Crippen molar-refractivity contribution in [3.05, 3.63) is 18.2 Å². The Labute approximate surface area is 108 Å². The summed E-state index contributed by atoms with van der Waals surface area (Å²) in [5, 5.41) is 0. The Morgan fingerprint density at radius 2 is 2.17 bits per heavy atom. The Bertz CT molecular complexity index is 393. The van der Waals surface area contributed by atoms with Gasteiger partial charge < -0.3 is 15.2 Å². The topological polar surface area (TPSA) is 64.1 Å². The number of rotatable bonds is 4. The van der Waals surface area contributed by atoms with E-state index in [1.807, 2.05) is 16.4 Å². The van der Waals surface area contributed by atoms with E-state index in [2.05, 4.69) is 4.98 Å². The van der Waals surface area contributed by atoms with Crippen molar-refractivity contribution in [3.8, 4) is 0 Å². The first-order valence-electron chi connectivity index (χ1n) is 6.72. The molecule has 5 heteroatoms. The van der Waals surface area contributed by atoms with Crippen LogP contribution in [-0.4, -0.2) is 33.4 Å². The van der Waals surface area contributed by atoms with Crippen molar-refractivity contribution < 1.29 is 4.79 Å². The van der Waals surface area contributed by atoms with Gasteiger partial charge in [-0.25, -0.2) is 4.98 Å². The van der Waals surface area contributed by atoms with Gasteiger partial charge in [0.05, 0.1) is 12.0 Å². The number of nitrogens with two attached hydrogens (primary N) is 1. The van der Waals surface area contributed by atoms with Crippen LogP contribution in [0.3, 0.4) is 0 Å². The van der Waals surface area contributed by atoms with Crippen molar-refractivity contribution in [1.82, 2.24) is 14.5 Å². The number of nitrogens with zero attached hydrogens (tertiary/aromatic N) is 3. The van der Waals surface area contributed by atoms with Crippen molar-refractivity contribution in [2.45, 2.75) is 45.2 Å². The number of carbonyl (C=O) groups is 1. The Morgan fingerprint density at radius 3 is 2.83 bits per heavy atom. The number of amides is 1. The number of piperidine rings is 1. The van der Waals surface area contributed by atoms with Crippen LogP contribution in [0.25, 0.3) is 0 Å². The molecule has 1 aliphatic heterocycles. The van der Waals surface area contributed by atoms with Gasteiger partial charge in [0, 0.05) is 38.3 Å². The van der Waals surface area contributed by atoms with E-state index in [9.17, 15) is 4.79 Å². The van der Waals surface area contributed by atoms with Crippen molar-refractivity contribution >= 4 is 5.91 Å². The highest BCUT2D eigenvalue weighted by molar-refractivity contribution is 5.76. The van der Waals surface area contributed by atoms with E-state index < -0.39 is 0 Å². The summed E-state index contributed by atoms with van der Waals surface area (Å²) in [4.78, 5) is 18.1. The normalized spacial score (nSPS) is 17.8. The molecule has 5 nitrogen and oxygen atoms in total. The SMILES string of the molecule is C[C@@H](N)c1cncn1CCC(=O)N1CCCCC1. The zero-order valence-electron chi connectivity index (χ0n) is 11.0. The van der Waals surface area contributed by atoms with Crippen LogP contribution < -0.4 is 5.73 Å². The van der Waals surface area contributed by atoms with Gasteiger partial charge in [-0.1, -0.05) is 0 Å². The Morgan fingerprint density at radius 1 is 1.44 bits per heavy atom. The van der Waals surface area contributed by atoms with Gasteiger partial charge in [-0.05, 0) is 26.2 Å². The van der Waals surface area contributed by atoms with Gasteiger partial charge in [-0.3, -0.25) is 4.79 Å². The van der Waals surface area contributed by atoms with E-state index >= 15 is 0 Å². The standard InChI is InChI=1S/C13H22N4O/c1-11(14)12-9-15-10-17(12)8-5-13(18)16-6-3-2-4-7-16/h9-11H,2-8,14H2,1H3/t11-/m1/s1. The van der Waals surface area contributed by atoms with E-state index in [1.165, 1.54) is 6.42 Å². The monoisotopic (exact) mass is 250 g/mol. The van der Waals surface area contributed by atoms with Crippen LogP contribution in [0.5, 0.6) is 0 Å². The van der Waals surface area contributed by atoms with Gasteiger partial charge in [-0.2, -0.15) is 0 Å². The molecule has 0 saturated carbocycles. The maximum atomic E-state index is 12.0. The molecule has 2 heterocycles. The van der Waals surface area contributed by atoms with E-state index in [0.29, 0.717) is 13.0 Å². The van der Waals surface area contributed by atoms with Crippen LogP contribution in [0.2, 0.25) is 0 Å². The summed E-state index contributed by atoms with van der Waals surface area (Å²) in [6.07, 6.45) is 7.60. The fourth-order valence-electron chi connectivity index (χ4n) is 2.41. The minimum Gasteiger partial charge on any atom is -0.343 e. The second-order valence-corrected chi connectivity index (χ2v) is 4.99. The molecule has 0 bridgehead atoms. The molecule has 2 N–H and O–H groups in total. The van der Waals surface area contributed by atoms with Crippen molar-refractivity contribution in [3.63, 3.8) is 0 Å². The molecule has 0 radical (unpaired) electrons. The lowest BCUT2D eigenvalue weighted by atomic mass is 10.1. The molecule has 1 fully saturated rings. The number of imidazole rings is 1. The third-order valence-corrected chi connectivity index (χ3v) is 3.49. The number of likely N-dealkylation sites (tertiary alicyclic amines) is 1. The fourth-order valence-corrected chi connectivity index (χ4v) is 2.41. The molecule has 0 spiro atoms. The second-order valence-electron chi connectivity index (χ2n) is 4.99. The van der Waals surface area contributed by atoms with E-state index in [4.69, 9.17) is 5.73 Å². The van der Waals surface area contributed by atoms with Gasteiger partial charge in [0.15, 0.2) is 0 Å². The Balaban J connectivity index is 1.86. The Hall–Kier alpha value is -1.36. The predicted octanol–water partition coefficient (Wildman–Crippen LogP) is 1.31. The highest BCUT2D eigenvalue weighted by Gasteiger charge is 2.16. The molecule has 0 aliphatic carbocycles. The van der Waals surface area contributed by atoms with Crippen LogP contribution in [0.4, 0.5) is 0 Å². The Kier molecular flexibility index (Phi) is 4.36. The molecule has 0 aromatic carbocycles. The number of aryl methyl sites for hydroxylation is 1. The molecule has 1 atom stereocenters. The minimum atomic E-state index is -0.0439. The molecule has 1 aromatic heterocycles. The third-order valence-electron chi connectivity index (χ3n) is 3.49. The van der Waals surface area contributed by atoms with Gasteiger partial charge in [0.2, 0.25) is 5.91 Å². The quantitative estimate of drug-likeness (QED) is 0.876. The molecule has 2 rings (SSSR count). The van der Waals surface area contributed by atoms with Crippen LogP contribution in [0.1, 0.15) is 44.3 Å². The third kappa shape index (κ3) is 3.10. The molecule has 100 valence electrons. The van der Waals surface area contributed by atoms with Crippen molar-refractivity contribution in [2.75, 3.05) is 13.1 Å². The number of hydrogen-bond acceptors (Lipinski definition) is 3. The molecule has 1 aliphatic rings. The number of carbonyl (C=O) groups excluding carboxylic acids is 1. The van der Waals surface area contributed by atoms with Gasteiger partial charge in [-0.15, -0.1) is 0 Å². The minimum absolute atomic E-state index is 0.0439. The van der Waals surface area contributed by atoms with E-state index in [1.54, 1.807) is 12.5 Å². The second kappa shape index (κ2) is 6.00. The first-order valence-corrected chi connectivity index (χ1v) is 6.72. The predicted molar refractivity (Wildman–Crippen MR) is 69.9 cm³/mol. The fraction of sp³-hybridized carbons (Fsp3) is 0.692. The summed E-state index contributed by atoms with van der Waals surface area (Å²) in [5.41, 5.74) is 6.84. The maximum absolute atomic E-state index is 12.0.